The van der Waals surface area contributed by atoms with Gasteiger partial charge in [0.1, 0.15) is 5.69 Å². The van der Waals surface area contributed by atoms with Crippen molar-refractivity contribution in [3.8, 4) is 0 Å². The zero-order chi connectivity index (χ0) is 23.6. The van der Waals surface area contributed by atoms with Crippen LogP contribution in [0.2, 0.25) is 0 Å². The van der Waals surface area contributed by atoms with E-state index in [0.717, 1.165) is 63.2 Å². The maximum absolute atomic E-state index is 6.55. The van der Waals surface area contributed by atoms with Gasteiger partial charge in [0, 0.05) is 26.1 Å². The lowest BCUT2D eigenvalue weighted by Crippen LogP contribution is -2.36. The Bertz CT molecular complexity index is 996. The monoisotopic (exact) mass is 461 g/mol. The third-order valence-electron chi connectivity index (χ3n) is 6.49. The smallest absolute Gasteiger partial charge is 0.220 e. The van der Waals surface area contributed by atoms with E-state index in [1.54, 1.807) is 0 Å². The second-order valence-electron chi connectivity index (χ2n) is 9.34. The van der Waals surface area contributed by atoms with E-state index in [-0.39, 0.29) is 6.04 Å². The number of aryl methyl sites for hydroxylation is 1. The first-order chi connectivity index (χ1) is 16.7. The molecule has 0 spiro atoms. The number of benzene rings is 2. The number of aromatic nitrogens is 1. The second kappa shape index (κ2) is 12.7. The zero-order valence-corrected chi connectivity index (χ0v) is 20.8. The summed E-state index contributed by atoms with van der Waals surface area (Å²) in [5.41, 5.74) is 4.86. The molecule has 0 aliphatic carbocycles. The van der Waals surface area contributed by atoms with Crippen LogP contribution in [0.25, 0.3) is 0 Å². The van der Waals surface area contributed by atoms with Gasteiger partial charge in [-0.3, -0.25) is 0 Å². The van der Waals surface area contributed by atoms with Gasteiger partial charge in [-0.1, -0.05) is 92.8 Å². The molecule has 4 rings (SSSR count). The molecule has 1 aliphatic heterocycles. The number of hydrogen-bond acceptors (Lipinski definition) is 5. The van der Waals surface area contributed by atoms with Crippen molar-refractivity contribution in [3.63, 3.8) is 0 Å². The lowest BCUT2D eigenvalue weighted by atomic mass is 10.1. The second-order valence-corrected chi connectivity index (χ2v) is 9.34. The lowest BCUT2D eigenvalue weighted by Gasteiger charge is -2.27. The summed E-state index contributed by atoms with van der Waals surface area (Å²) in [5, 5.41) is 3.76. The van der Waals surface area contributed by atoms with Crippen LogP contribution in [0.1, 0.15) is 73.3 Å². The summed E-state index contributed by atoms with van der Waals surface area (Å²) >= 11 is 0. The first kappa shape index (κ1) is 24.5. The van der Waals surface area contributed by atoms with Crippen molar-refractivity contribution in [3.05, 3.63) is 82.9 Å². The summed E-state index contributed by atoms with van der Waals surface area (Å²) in [7, 11) is 0. The van der Waals surface area contributed by atoms with Gasteiger partial charge in [-0.2, -0.15) is 0 Å². The number of unbranched alkanes of at least 4 members (excludes halogenated alkanes) is 3. The van der Waals surface area contributed by atoms with Crippen LogP contribution >= 0.6 is 0 Å². The molecule has 0 bridgehead atoms. The quantitative estimate of drug-likeness (QED) is 0.325. The molecule has 1 N–H and O–H groups in total. The van der Waals surface area contributed by atoms with E-state index in [1.165, 1.54) is 42.4 Å². The number of oxazole rings is 1. The molecule has 2 aromatic carbocycles. The summed E-state index contributed by atoms with van der Waals surface area (Å²) in [6.45, 7) is 8.35. The van der Waals surface area contributed by atoms with Gasteiger partial charge >= 0.3 is 0 Å². The molecule has 34 heavy (non-hydrogen) atoms. The number of nitrogens with zero attached hydrogens (tertiary/aromatic N) is 2. The highest BCUT2D eigenvalue weighted by Crippen LogP contribution is 2.30. The summed E-state index contributed by atoms with van der Waals surface area (Å²) in [6, 6.07) is 19.4. The fourth-order valence-corrected chi connectivity index (χ4v) is 4.58. The van der Waals surface area contributed by atoms with Crippen LogP contribution in [0.5, 0.6) is 0 Å². The van der Waals surface area contributed by atoms with Crippen molar-refractivity contribution in [1.29, 1.82) is 0 Å². The summed E-state index contributed by atoms with van der Waals surface area (Å²) in [4.78, 5) is 7.40. The van der Waals surface area contributed by atoms with Crippen molar-refractivity contribution < 1.29 is 9.15 Å². The number of hydrogen-bond donors (Lipinski definition) is 1. The highest BCUT2D eigenvalue weighted by Gasteiger charge is 2.25. The Balaban J connectivity index is 1.57. The minimum Gasteiger partial charge on any atom is -0.423 e. The van der Waals surface area contributed by atoms with Crippen LogP contribution in [0.15, 0.2) is 59.0 Å². The van der Waals surface area contributed by atoms with Gasteiger partial charge in [0.15, 0.2) is 0 Å². The highest BCUT2D eigenvalue weighted by atomic mass is 16.5. The molecule has 0 radical (unpaired) electrons. The van der Waals surface area contributed by atoms with Crippen molar-refractivity contribution in [1.82, 2.24) is 10.3 Å². The van der Waals surface area contributed by atoms with Crippen molar-refractivity contribution in [2.75, 3.05) is 31.2 Å². The molecule has 1 unspecified atom stereocenters. The molecule has 3 aromatic rings. The third kappa shape index (κ3) is 6.94. The van der Waals surface area contributed by atoms with Crippen LogP contribution in [0, 0.1) is 6.92 Å². The first-order valence-corrected chi connectivity index (χ1v) is 12.9. The van der Waals surface area contributed by atoms with E-state index in [2.05, 4.69) is 78.7 Å². The number of nitrogens with one attached hydrogen (secondary N) is 1. The number of anilines is 1. The molecule has 5 heteroatoms. The van der Waals surface area contributed by atoms with E-state index in [9.17, 15) is 0 Å². The van der Waals surface area contributed by atoms with E-state index < -0.39 is 0 Å². The van der Waals surface area contributed by atoms with Crippen LogP contribution in [0.3, 0.4) is 0 Å². The molecule has 5 nitrogen and oxygen atoms in total. The minimum atomic E-state index is 0.0988. The Labute approximate surface area is 204 Å². The van der Waals surface area contributed by atoms with Gasteiger partial charge in [-0.15, -0.1) is 0 Å². The summed E-state index contributed by atoms with van der Waals surface area (Å²) < 4.78 is 12.1. The maximum Gasteiger partial charge on any atom is 0.220 e. The van der Waals surface area contributed by atoms with Crippen molar-refractivity contribution in [2.45, 2.75) is 65.0 Å². The molecule has 182 valence electrons. The number of morpholine rings is 1. The van der Waals surface area contributed by atoms with Gasteiger partial charge < -0.3 is 19.4 Å². The van der Waals surface area contributed by atoms with Crippen molar-refractivity contribution in [2.24, 2.45) is 0 Å². The SMILES string of the molecule is CCCCCCC(NCc1cccc(C)c1)c1nc(Cc2ccccc2)c(N2CCOCC2)o1. The predicted molar refractivity (Wildman–Crippen MR) is 138 cm³/mol. The van der Waals surface area contributed by atoms with Crippen LogP contribution in [-0.4, -0.2) is 31.3 Å². The van der Waals surface area contributed by atoms with Gasteiger partial charge in [0.05, 0.1) is 19.3 Å². The molecule has 1 aliphatic rings. The average Bonchev–Trinajstić information content (AvgIpc) is 3.28. The largest absolute Gasteiger partial charge is 0.423 e. The number of rotatable bonds is 12. The van der Waals surface area contributed by atoms with Crippen LogP contribution in [0.4, 0.5) is 5.88 Å². The lowest BCUT2D eigenvalue weighted by molar-refractivity contribution is 0.120. The highest BCUT2D eigenvalue weighted by molar-refractivity contribution is 5.44. The zero-order valence-electron chi connectivity index (χ0n) is 20.8. The summed E-state index contributed by atoms with van der Waals surface area (Å²) in [5.74, 6) is 1.73. The normalized spacial score (nSPS) is 14.9. The molecular formula is C29H39N3O2. The Hall–Kier alpha value is -2.63. The molecular weight excluding hydrogens is 422 g/mol. The van der Waals surface area contributed by atoms with E-state index in [0.29, 0.717) is 0 Å². The molecule has 1 aromatic heterocycles. The fraction of sp³-hybridized carbons (Fsp3) is 0.483. The van der Waals surface area contributed by atoms with Gasteiger partial charge in [0.2, 0.25) is 11.8 Å². The van der Waals surface area contributed by atoms with Crippen LogP contribution in [-0.2, 0) is 17.7 Å². The Morgan fingerprint density at radius 3 is 2.53 bits per heavy atom. The molecule has 0 amide bonds. The molecule has 2 heterocycles. The molecule has 1 atom stereocenters. The van der Waals surface area contributed by atoms with Crippen molar-refractivity contribution >= 4 is 5.88 Å². The summed E-state index contributed by atoms with van der Waals surface area (Å²) in [6.07, 6.45) is 6.73. The predicted octanol–water partition coefficient (Wildman–Crippen LogP) is 6.21. The molecule has 1 fully saturated rings. The maximum atomic E-state index is 6.55. The standard InChI is InChI=1S/C29H39N3O2/c1-3-4-5-9-15-26(30-22-25-14-10-11-23(2)20-25)28-31-27(21-24-12-7-6-8-13-24)29(34-28)32-16-18-33-19-17-32/h6-8,10-14,20,26,30H,3-5,9,15-19,21-22H2,1-2H3. The molecule has 0 saturated carbocycles. The first-order valence-electron chi connectivity index (χ1n) is 12.9. The average molecular weight is 462 g/mol. The Morgan fingerprint density at radius 2 is 1.76 bits per heavy atom. The van der Waals surface area contributed by atoms with E-state index in [1.807, 2.05) is 0 Å². The fourth-order valence-electron chi connectivity index (χ4n) is 4.58. The number of ether oxygens (including phenoxy) is 1. The van der Waals surface area contributed by atoms with E-state index in [4.69, 9.17) is 14.1 Å². The topological polar surface area (TPSA) is 50.5 Å². The Morgan fingerprint density at radius 1 is 0.971 bits per heavy atom. The Kier molecular flexibility index (Phi) is 9.17. The van der Waals surface area contributed by atoms with E-state index >= 15 is 0 Å². The van der Waals surface area contributed by atoms with Gasteiger partial charge in [-0.25, -0.2) is 4.98 Å². The van der Waals surface area contributed by atoms with Gasteiger partial charge in [-0.05, 0) is 24.5 Å². The minimum absolute atomic E-state index is 0.0988. The molecule has 1 saturated heterocycles. The third-order valence-corrected chi connectivity index (χ3v) is 6.49. The van der Waals surface area contributed by atoms with Crippen LogP contribution < -0.4 is 10.2 Å². The van der Waals surface area contributed by atoms with Gasteiger partial charge in [0.25, 0.3) is 0 Å².